The highest BCUT2D eigenvalue weighted by Gasteiger charge is 2.34. The number of carbonyl (C=O) groups is 2. The van der Waals surface area contributed by atoms with Gasteiger partial charge in [-0.3, -0.25) is 13.9 Å². The van der Waals surface area contributed by atoms with Crippen LogP contribution < -0.4 is 9.62 Å². The van der Waals surface area contributed by atoms with Gasteiger partial charge in [-0.2, -0.15) is 0 Å². The average molecular weight is 550 g/mol. The van der Waals surface area contributed by atoms with E-state index in [1.807, 2.05) is 71.0 Å². The quantitative estimate of drug-likeness (QED) is 0.352. The van der Waals surface area contributed by atoms with Gasteiger partial charge in [0.15, 0.2) is 0 Å². The van der Waals surface area contributed by atoms with E-state index in [9.17, 15) is 18.0 Å². The van der Waals surface area contributed by atoms with Crippen molar-refractivity contribution in [2.75, 3.05) is 23.9 Å². The van der Waals surface area contributed by atoms with Gasteiger partial charge in [0, 0.05) is 13.1 Å². The lowest BCUT2D eigenvalue weighted by atomic mass is 10.1. The topological polar surface area (TPSA) is 86.8 Å². The monoisotopic (exact) mass is 549 g/mol. The van der Waals surface area contributed by atoms with Crippen LogP contribution in [0, 0.1) is 20.8 Å². The SMILES string of the molecule is CCNC(=O)[C@@H](CC)N(CCc1ccccc1)C(=O)CN(c1cccc(C)c1C)S(=O)(=O)c1ccc(C)cc1. The van der Waals surface area contributed by atoms with Crippen LogP contribution in [0.25, 0.3) is 0 Å². The van der Waals surface area contributed by atoms with Crippen molar-refractivity contribution in [2.24, 2.45) is 0 Å². The standard InChI is InChI=1S/C31H39N3O4S/c1-6-28(31(36)32-7-2)33(21-20-26-13-9-8-10-14-26)30(35)22-34(29-15-11-12-24(4)25(29)5)39(37,38)27-18-16-23(3)17-19-27/h8-19,28H,6-7,20-22H2,1-5H3,(H,32,36)/t28-/m1/s1. The zero-order valence-electron chi connectivity index (χ0n) is 23.5. The summed E-state index contributed by atoms with van der Waals surface area (Å²) in [5.41, 5.74) is 4.09. The Morgan fingerprint density at radius 3 is 2.15 bits per heavy atom. The van der Waals surface area contributed by atoms with Crippen LogP contribution in [0.5, 0.6) is 0 Å². The predicted molar refractivity (Wildman–Crippen MR) is 156 cm³/mol. The lowest BCUT2D eigenvalue weighted by Crippen LogP contribution is -2.53. The molecule has 208 valence electrons. The molecule has 7 nitrogen and oxygen atoms in total. The van der Waals surface area contributed by atoms with E-state index < -0.39 is 28.5 Å². The number of likely N-dealkylation sites (N-methyl/N-ethyl adjacent to an activating group) is 1. The molecule has 0 aliphatic rings. The number of hydrogen-bond acceptors (Lipinski definition) is 4. The molecule has 0 aliphatic heterocycles. The van der Waals surface area contributed by atoms with Gasteiger partial charge in [-0.05, 0) is 75.4 Å². The summed E-state index contributed by atoms with van der Waals surface area (Å²) in [5, 5.41) is 2.83. The van der Waals surface area contributed by atoms with Gasteiger partial charge in [-0.25, -0.2) is 8.42 Å². The Morgan fingerprint density at radius 1 is 0.872 bits per heavy atom. The Balaban J connectivity index is 2.05. The largest absolute Gasteiger partial charge is 0.355 e. The number of rotatable bonds is 12. The highest BCUT2D eigenvalue weighted by Crippen LogP contribution is 2.29. The van der Waals surface area contributed by atoms with Crippen LogP contribution in [0.15, 0.2) is 77.7 Å². The van der Waals surface area contributed by atoms with Crippen LogP contribution in [0.4, 0.5) is 5.69 Å². The van der Waals surface area contributed by atoms with Crippen LogP contribution in [0.3, 0.4) is 0 Å². The summed E-state index contributed by atoms with van der Waals surface area (Å²) in [6.45, 7) is 9.63. The second kappa shape index (κ2) is 13.4. The molecule has 3 aromatic carbocycles. The van der Waals surface area contributed by atoms with Crippen molar-refractivity contribution in [3.05, 3.63) is 95.1 Å². The first-order chi connectivity index (χ1) is 18.6. The highest BCUT2D eigenvalue weighted by atomic mass is 32.2. The van der Waals surface area contributed by atoms with Crippen molar-refractivity contribution in [1.82, 2.24) is 10.2 Å². The summed E-state index contributed by atoms with van der Waals surface area (Å²) in [6.07, 6.45) is 0.942. The van der Waals surface area contributed by atoms with Crippen molar-refractivity contribution < 1.29 is 18.0 Å². The number of nitrogens with one attached hydrogen (secondary N) is 1. The molecule has 1 N–H and O–H groups in total. The fourth-order valence-corrected chi connectivity index (χ4v) is 6.02. The molecule has 2 amide bonds. The maximum atomic E-state index is 14.0. The second-order valence-corrected chi connectivity index (χ2v) is 11.5. The van der Waals surface area contributed by atoms with E-state index in [2.05, 4.69) is 5.32 Å². The first kappa shape index (κ1) is 29.9. The van der Waals surface area contributed by atoms with Crippen LogP contribution in [0.2, 0.25) is 0 Å². The van der Waals surface area contributed by atoms with Gasteiger partial charge in [-0.15, -0.1) is 0 Å². The second-order valence-electron chi connectivity index (χ2n) is 9.69. The van der Waals surface area contributed by atoms with Crippen molar-refractivity contribution >= 4 is 27.5 Å². The molecule has 3 aromatic rings. The Bertz CT molecular complexity index is 1370. The molecule has 39 heavy (non-hydrogen) atoms. The van der Waals surface area contributed by atoms with E-state index in [4.69, 9.17) is 0 Å². The van der Waals surface area contributed by atoms with Crippen molar-refractivity contribution in [3.63, 3.8) is 0 Å². The van der Waals surface area contributed by atoms with Gasteiger partial charge in [0.1, 0.15) is 12.6 Å². The molecule has 0 fully saturated rings. The van der Waals surface area contributed by atoms with Gasteiger partial charge in [-0.1, -0.05) is 67.1 Å². The van der Waals surface area contributed by atoms with Crippen molar-refractivity contribution in [1.29, 1.82) is 0 Å². The summed E-state index contributed by atoms with van der Waals surface area (Å²) in [7, 11) is -4.08. The van der Waals surface area contributed by atoms with Gasteiger partial charge in [0.2, 0.25) is 11.8 Å². The third-order valence-corrected chi connectivity index (χ3v) is 8.73. The normalized spacial score (nSPS) is 12.0. The van der Waals surface area contributed by atoms with Crippen molar-refractivity contribution in [2.45, 2.75) is 58.4 Å². The van der Waals surface area contributed by atoms with Crippen LogP contribution in [0.1, 0.15) is 42.5 Å². The Hall–Kier alpha value is -3.65. The summed E-state index contributed by atoms with van der Waals surface area (Å²) in [4.78, 5) is 28.7. The van der Waals surface area contributed by atoms with Gasteiger partial charge < -0.3 is 10.2 Å². The first-order valence-corrected chi connectivity index (χ1v) is 14.8. The van der Waals surface area contributed by atoms with Gasteiger partial charge in [0.05, 0.1) is 10.6 Å². The summed E-state index contributed by atoms with van der Waals surface area (Å²) < 4.78 is 29.2. The van der Waals surface area contributed by atoms with E-state index in [1.165, 1.54) is 9.21 Å². The van der Waals surface area contributed by atoms with Crippen LogP contribution in [-0.4, -0.2) is 50.8 Å². The molecule has 0 aromatic heterocycles. The lowest BCUT2D eigenvalue weighted by molar-refractivity contribution is -0.139. The summed E-state index contributed by atoms with van der Waals surface area (Å²) in [6, 6.07) is 21.0. The first-order valence-electron chi connectivity index (χ1n) is 13.4. The number of carbonyl (C=O) groups excluding carboxylic acids is 2. The molecule has 0 radical (unpaired) electrons. The summed E-state index contributed by atoms with van der Waals surface area (Å²) in [5.74, 6) is -0.679. The highest BCUT2D eigenvalue weighted by molar-refractivity contribution is 7.92. The van der Waals surface area contributed by atoms with E-state index >= 15 is 0 Å². The van der Waals surface area contributed by atoms with E-state index in [-0.39, 0.29) is 17.3 Å². The fourth-order valence-electron chi connectivity index (χ4n) is 4.54. The fraction of sp³-hybridized carbons (Fsp3) is 0.355. The number of sulfonamides is 1. The maximum Gasteiger partial charge on any atom is 0.264 e. The molecule has 0 saturated carbocycles. The molecule has 0 unspecified atom stereocenters. The van der Waals surface area contributed by atoms with Crippen molar-refractivity contribution in [3.8, 4) is 0 Å². The number of amides is 2. The minimum Gasteiger partial charge on any atom is -0.355 e. The molecular formula is C31H39N3O4S. The molecule has 0 spiro atoms. The molecule has 1 atom stereocenters. The van der Waals surface area contributed by atoms with Gasteiger partial charge in [0.25, 0.3) is 10.0 Å². The van der Waals surface area contributed by atoms with Gasteiger partial charge >= 0.3 is 0 Å². The number of nitrogens with zero attached hydrogens (tertiary/aromatic N) is 2. The molecule has 0 heterocycles. The third kappa shape index (κ3) is 7.26. The van der Waals surface area contributed by atoms with E-state index in [0.29, 0.717) is 25.1 Å². The Labute approximate surface area is 232 Å². The molecular weight excluding hydrogens is 510 g/mol. The van der Waals surface area contributed by atoms with Crippen LogP contribution in [-0.2, 0) is 26.0 Å². The maximum absolute atomic E-state index is 14.0. The zero-order valence-corrected chi connectivity index (χ0v) is 24.3. The smallest absolute Gasteiger partial charge is 0.264 e. The molecule has 0 saturated heterocycles. The molecule has 0 aliphatic carbocycles. The van der Waals surface area contributed by atoms with E-state index in [0.717, 1.165) is 22.3 Å². The minimum absolute atomic E-state index is 0.105. The minimum atomic E-state index is -4.08. The number of benzene rings is 3. The lowest BCUT2D eigenvalue weighted by Gasteiger charge is -2.33. The zero-order chi connectivity index (χ0) is 28.6. The molecule has 8 heteroatoms. The average Bonchev–Trinajstić information content (AvgIpc) is 2.92. The number of aryl methyl sites for hydroxylation is 2. The summed E-state index contributed by atoms with van der Waals surface area (Å²) >= 11 is 0. The Morgan fingerprint density at radius 2 is 1.54 bits per heavy atom. The predicted octanol–water partition coefficient (Wildman–Crippen LogP) is 4.79. The van der Waals surface area contributed by atoms with Crippen LogP contribution >= 0.6 is 0 Å². The van der Waals surface area contributed by atoms with E-state index in [1.54, 1.807) is 36.4 Å². The Kier molecular flexibility index (Phi) is 10.3. The molecule has 3 rings (SSSR count). The number of hydrogen-bond donors (Lipinski definition) is 1. The number of anilines is 1. The third-order valence-electron chi connectivity index (χ3n) is 6.95. The molecule has 0 bridgehead atoms.